The first-order chi connectivity index (χ1) is 20.4. The molecule has 1 aliphatic rings. The molecule has 0 spiro atoms. The lowest BCUT2D eigenvalue weighted by molar-refractivity contribution is -0.783. The van der Waals surface area contributed by atoms with Gasteiger partial charge in [-0.2, -0.15) is 26.3 Å². The number of benzene rings is 2. The van der Waals surface area contributed by atoms with Gasteiger partial charge in [-0.15, -0.1) is 0 Å². The summed E-state index contributed by atoms with van der Waals surface area (Å²) in [5, 5.41) is 20.3. The molecule has 1 aromatic heterocycles. The second-order valence-corrected chi connectivity index (χ2v) is 12.1. The number of aromatic amines is 1. The van der Waals surface area contributed by atoms with Gasteiger partial charge in [0.25, 0.3) is 0 Å². The Morgan fingerprint density at radius 1 is 0.955 bits per heavy atom. The number of alkyl halides is 6. The fourth-order valence-corrected chi connectivity index (χ4v) is 5.66. The standard InChI is InChI=1S/C30H36F6N6O2/c1-5-41(18-28(2,3)10-9-26(43)44)25-14-21-8-6-7-20(21)13-22(25)17-42(27-37-39-40(4)38-27)16-19-11-23(29(31,32)33)15-24(12-19)30(34,35)36/h11-15H,5-10,16-18H2,1-4H3,(H,43,44)/p+1. The number of hydrogen-bond acceptors (Lipinski definition) is 5. The number of halogens is 6. The van der Waals surface area contributed by atoms with E-state index in [1.54, 1.807) is 11.9 Å². The second kappa shape index (κ2) is 12.6. The van der Waals surface area contributed by atoms with Gasteiger partial charge in [-0.25, -0.2) is 0 Å². The molecule has 44 heavy (non-hydrogen) atoms. The van der Waals surface area contributed by atoms with Gasteiger partial charge in [-0.05, 0) is 89.8 Å². The molecule has 0 fully saturated rings. The van der Waals surface area contributed by atoms with Crippen LogP contribution >= 0.6 is 0 Å². The fraction of sp³-hybridized carbons (Fsp3) is 0.533. The van der Waals surface area contributed by atoms with E-state index in [9.17, 15) is 36.2 Å². The molecule has 0 radical (unpaired) electrons. The van der Waals surface area contributed by atoms with Crippen molar-refractivity contribution >= 4 is 17.6 Å². The highest BCUT2D eigenvalue weighted by molar-refractivity contribution is 5.66. The highest BCUT2D eigenvalue weighted by Crippen LogP contribution is 2.38. The molecule has 4 rings (SSSR count). The van der Waals surface area contributed by atoms with Crippen LogP contribution in [0.1, 0.15) is 73.4 Å². The minimum atomic E-state index is -4.97. The van der Waals surface area contributed by atoms with Crippen molar-refractivity contribution in [1.29, 1.82) is 0 Å². The quantitative estimate of drug-likeness (QED) is 0.187. The zero-order valence-corrected chi connectivity index (χ0v) is 25.1. The van der Waals surface area contributed by atoms with E-state index in [4.69, 9.17) is 0 Å². The molecular formula is C30H37F6N6O2+. The van der Waals surface area contributed by atoms with Crippen LogP contribution in [0, 0.1) is 5.41 Å². The summed E-state index contributed by atoms with van der Waals surface area (Å²) >= 11 is 0. The van der Waals surface area contributed by atoms with Crippen molar-refractivity contribution in [1.82, 2.24) is 15.4 Å². The van der Waals surface area contributed by atoms with Crippen LogP contribution in [-0.2, 0) is 50.1 Å². The normalized spacial score (nSPS) is 13.7. The molecule has 0 saturated carbocycles. The number of fused-ring (bicyclic) bond motifs is 1. The first kappa shape index (κ1) is 33.1. The van der Waals surface area contributed by atoms with Crippen LogP contribution in [0.5, 0.6) is 0 Å². The maximum atomic E-state index is 13.6. The molecule has 2 N–H and O–H groups in total. The molecule has 0 amide bonds. The topological polar surface area (TPSA) is 89.2 Å². The van der Waals surface area contributed by atoms with Gasteiger partial charge in [0.05, 0.1) is 22.8 Å². The lowest BCUT2D eigenvalue weighted by atomic mass is 9.86. The molecule has 3 aromatic rings. The number of rotatable bonds is 12. The van der Waals surface area contributed by atoms with Crippen LogP contribution in [-0.4, -0.2) is 39.6 Å². The number of aliphatic carboxylic acids is 1. The van der Waals surface area contributed by atoms with Crippen LogP contribution in [0.3, 0.4) is 0 Å². The van der Waals surface area contributed by atoms with Gasteiger partial charge in [-0.3, -0.25) is 4.79 Å². The lowest BCUT2D eigenvalue weighted by Crippen LogP contribution is -2.36. The number of carboxylic acid groups (broad SMARTS) is 1. The molecule has 0 unspecified atom stereocenters. The third-order valence-electron chi connectivity index (χ3n) is 7.85. The van der Waals surface area contributed by atoms with Crippen LogP contribution < -0.4 is 14.6 Å². The van der Waals surface area contributed by atoms with Crippen molar-refractivity contribution in [3.05, 3.63) is 63.7 Å². The number of carbonyl (C=O) groups is 1. The van der Waals surface area contributed by atoms with E-state index in [-0.39, 0.29) is 42.5 Å². The molecule has 0 saturated heterocycles. The van der Waals surface area contributed by atoms with E-state index in [1.165, 1.54) is 10.4 Å². The Morgan fingerprint density at radius 2 is 1.57 bits per heavy atom. The maximum Gasteiger partial charge on any atom is 0.416 e. The lowest BCUT2D eigenvalue weighted by Gasteiger charge is -2.35. The molecule has 240 valence electrons. The largest absolute Gasteiger partial charge is 0.481 e. The molecule has 8 nitrogen and oxygen atoms in total. The number of nitrogens with zero attached hydrogens (tertiary/aromatic N) is 5. The Hall–Kier alpha value is -3.84. The third kappa shape index (κ3) is 8.20. The van der Waals surface area contributed by atoms with E-state index in [0.29, 0.717) is 19.5 Å². The number of anilines is 2. The summed E-state index contributed by atoms with van der Waals surface area (Å²) in [6.07, 6.45) is -6.74. The summed E-state index contributed by atoms with van der Waals surface area (Å²) in [7, 11) is 1.57. The van der Waals surface area contributed by atoms with Gasteiger partial charge < -0.3 is 14.9 Å². The molecule has 0 bridgehead atoms. The summed E-state index contributed by atoms with van der Waals surface area (Å²) in [4.78, 5) is 16.2. The van der Waals surface area contributed by atoms with Crippen molar-refractivity contribution in [2.75, 3.05) is 22.9 Å². The molecule has 2 aromatic carbocycles. The monoisotopic (exact) mass is 627 g/mol. The van der Waals surface area contributed by atoms with Crippen molar-refractivity contribution in [2.24, 2.45) is 12.5 Å². The van der Waals surface area contributed by atoms with Gasteiger partial charge in [-0.1, -0.05) is 24.7 Å². The Bertz CT molecular complexity index is 1450. The molecule has 0 aliphatic heterocycles. The minimum absolute atomic E-state index is 0.0220. The number of nitrogens with one attached hydrogen (secondary N) is 1. The highest BCUT2D eigenvalue weighted by Gasteiger charge is 2.37. The number of tetrazole rings is 1. The number of hydrogen-bond donors (Lipinski definition) is 2. The Morgan fingerprint density at radius 3 is 2.09 bits per heavy atom. The van der Waals surface area contributed by atoms with E-state index in [1.807, 2.05) is 20.8 Å². The van der Waals surface area contributed by atoms with E-state index in [2.05, 4.69) is 32.4 Å². The van der Waals surface area contributed by atoms with Crippen molar-refractivity contribution in [3.8, 4) is 0 Å². The summed E-state index contributed by atoms with van der Waals surface area (Å²) in [6.45, 7) is 6.90. The Labute approximate surface area is 251 Å². The van der Waals surface area contributed by atoms with E-state index >= 15 is 0 Å². The predicted molar refractivity (Wildman–Crippen MR) is 151 cm³/mol. The van der Waals surface area contributed by atoms with Crippen molar-refractivity contribution in [3.63, 3.8) is 0 Å². The van der Waals surface area contributed by atoms with Gasteiger partial charge in [0.1, 0.15) is 7.05 Å². The number of aromatic nitrogens is 4. The number of H-pyrrole nitrogens is 1. The molecule has 1 heterocycles. The SMILES string of the molecule is CCN(CC(C)(C)CCC(=O)O)c1cc2c(cc1CN(Cc1cc(C(F)(F)F)cc(C(F)(F)F)c1)c1n[nH][n+](C)n1)CCC2. The van der Waals surface area contributed by atoms with E-state index in [0.717, 1.165) is 48.2 Å². The van der Waals surface area contributed by atoms with Crippen molar-refractivity contribution in [2.45, 2.75) is 78.3 Å². The van der Waals surface area contributed by atoms with Gasteiger partial charge in [0, 0.05) is 36.8 Å². The summed E-state index contributed by atoms with van der Waals surface area (Å²) in [6, 6.07) is 5.72. The maximum absolute atomic E-state index is 13.6. The molecule has 0 atom stereocenters. The van der Waals surface area contributed by atoms with Crippen LogP contribution in [0.2, 0.25) is 0 Å². The van der Waals surface area contributed by atoms with Crippen molar-refractivity contribution < 1.29 is 41.0 Å². The minimum Gasteiger partial charge on any atom is -0.481 e. The van der Waals surface area contributed by atoms with Gasteiger partial charge in [0.2, 0.25) is 0 Å². The van der Waals surface area contributed by atoms with Gasteiger partial charge in [0.15, 0.2) is 0 Å². The third-order valence-corrected chi connectivity index (χ3v) is 7.85. The smallest absolute Gasteiger partial charge is 0.416 e. The Kier molecular flexibility index (Phi) is 9.50. The van der Waals surface area contributed by atoms with Crippen LogP contribution in [0.15, 0.2) is 30.3 Å². The number of carboxylic acids is 1. The molecular weight excluding hydrogens is 590 g/mol. The summed E-state index contributed by atoms with van der Waals surface area (Å²) < 4.78 is 81.8. The average molecular weight is 628 g/mol. The molecule has 1 aliphatic carbocycles. The predicted octanol–water partition coefficient (Wildman–Crippen LogP) is 6.08. The second-order valence-electron chi connectivity index (χ2n) is 12.1. The zero-order valence-electron chi connectivity index (χ0n) is 25.1. The fourth-order valence-electron chi connectivity index (χ4n) is 5.66. The van der Waals surface area contributed by atoms with Crippen LogP contribution in [0.25, 0.3) is 0 Å². The zero-order chi connectivity index (χ0) is 32.4. The number of aryl methyl sites for hydroxylation is 3. The van der Waals surface area contributed by atoms with Gasteiger partial charge >= 0.3 is 24.3 Å². The van der Waals surface area contributed by atoms with Crippen LogP contribution in [0.4, 0.5) is 38.0 Å². The first-order valence-corrected chi connectivity index (χ1v) is 14.4. The average Bonchev–Trinajstić information content (AvgIpc) is 3.57. The Balaban J connectivity index is 1.76. The highest BCUT2D eigenvalue weighted by atomic mass is 19.4. The first-order valence-electron chi connectivity index (χ1n) is 14.4. The van der Waals surface area contributed by atoms with E-state index < -0.39 is 29.4 Å². The summed E-state index contributed by atoms with van der Waals surface area (Å²) in [5.74, 6) is -0.771. The molecule has 14 heteroatoms. The summed E-state index contributed by atoms with van der Waals surface area (Å²) in [5.41, 5.74) is 0.706.